The number of hydrogen-bond donors (Lipinski definition) is 2. The van der Waals surface area contributed by atoms with Crippen LogP contribution in [0.5, 0.6) is 0 Å². The highest BCUT2D eigenvalue weighted by atomic mass is 16.6. The molecule has 0 aromatic carbocycles. The van der Waals surface area contributed by atoms with Crippen molar-refractivity contribution in [1.82, 2.24) is 15.1 Å². The van der Waals surface area contributed by atoms with Gasteiger partial charge in [0.15, 0.2) is 5.78 Å². The minimum Gasteiger partial charge on any atom is -0.481 e. The van der Waals surface area contributed by atoms with Gasteiger partial charge in [0, 0.05) is 36.4 Å². The summed E-state index contributed by atoms with van der Waals surface area (Å²) in [6, 6.07) is 0. The lowest BCUT2D eigenvalue weighted by atomic mass is 10.0. The number of allylic oxidation sites excluding steroid dienone is 3. The Morgan fingerprint density at radius 3 is 1.98 bits per heavy atom. The van der Waals surface area contributed by atoms with Gasteiger partial charge in [0.2, 0.25) is 11.8 Å². The first-order valence-electron chi connectivity index (χ1n) is 13.9. The third-order valence-electron chi connectivity index (χ3n) is 6.54. The van der Waals surface area contributed by atoms with E-state index < -0.39 is 35.1 Å². The number of amides is 4. The Bertz CT molecular complexity index is 1120. The number of carboxylic acid groups (broad SMARTS) is 1. The zero-order chi connectivity index (χ0) is 31.1. The lowest BCUT2D eigenvalue weighted by Crippen LogP contribution is -2.59. The number of ether oxygens (including phenoxy) is 5. The fourth-order valence-corrected chi connectivity index (χ4v) is 4.39. The molecule has 0 aromatic heterocycles. The second-order valence-corrected chi connectivity index (χ2v) is 9.79. The molecule has 3 heterocycles. The minimum atomic E-state index is -1.40. The Hall–Kier alpha value is -3.76. The number of imide groups is 1. The first kappa shape index (κ1) is 33.7. The van der Waals surface area contributed by atoms with Crippen LogP contribution < -0.4 is 5.32 Å². The highest BCUT2D eigenvalue weighted by Gasteiger charge is 2.43. The zero-order valence-corrected chi connectivity index (χ0v) is 23.8. The summed E-state index contributed by atoms with van der Waals surface area (Å²) in [6.45, 7) is 1.48. The van der Waals surface area contributed by atoms with Gasteiger partial charge in [-0.2, -0.15) is 0 Å². The lowest BCUT2D eigenvalue weighted by Gasteiger charge is -2.39. The van der Waals surface area contributed by atoms with E-state index in [2.05, 4.69) is 5.32 Å². The summed E-state index contributed by atoms with van der Waals surface area (Å²) < 4.78 is 27.7. The van der Waals surface area contributed by atoms with Gasteiger partial charge in [-0.25, -0.2) is 0 Å². The number of ketones is 1. The summed E-state index contributed by atoms with van der Waals surface area (Å²) in [5.74, 6) is -3.28. The Morgan fingerprint density at radius 1 is 0.791 bits per heavy atom. The van der Waals surface area contributed by atoms with Gasteiger partial charge in [-0.1, -0.05) is 0 Å². The first-order chi connectivity index (χ1) is 20.7. The maximum Gasteiger partial charge on any atom is 0.305 e. The summed E-state index contributed by atoms with van der Waals surface area (Å²) in [5, 5.41) is 11.2. The zero-order valence-electron chi connectivity index (χ0n) is 23.8. The Balaban J connectivity index is 1.50. The Kier molecular flexibility index (Phi) is 13.6. The number of aliphatic carboxylic acids is 1. The molecule has 15 heteroatoms. The van der Waals surface area contributed by atoms with Crippen molar-refractivity contribution in [2.45, 2.75) is 24.9 Å². The van der Waals surface area contributed by atoms with Gasteiger partial charge < -0.3 is 39.0 Å². The average Bonchev–Trinajstić information content (AvgIpc) is 3.46. The normalized spacial score (nSPS) is 22.8. The van der Waals surface area contributed by atoms with Crippen LogP contribution in [0.4, 0.5) is 0 Å². The van der Waals surface area contributed by atoms with Crippen molar-refractivity contribution >= 4 is 35.4 Å². The van der Waals surface area contributed by atoms with Crippen molar-refractivity contribution in [2.24, 2.45) is 0 Å². The molecule has 0 aromatic rings. The molecule has 1 atom stereocenters. The van der Waals surface area contributed by atoms with Gasteiger partial charge in [-0.3, -0.25) is 33.7 Å². The van der Waals surface area contributed by atoms with E-state index >= 15 is 0 Å². The monoisotopic (exact) mass is 607 g/mol. The molecule has 43 heavy (non-hydrogen) atoms. The van der Waals surface area contributed by atoms with Crippen LogP contribution in [0.15, 0.2) is 36.1 Å². The lowest BCUT2D eigenvalue weighted by molar-refractivity contribution is -0.147. The molecule has 3 rings (SSSR count). The van der Waals surface area contributed by atoms with Gasteiger partial charge in [-0.05, 0) is 12.5 Å². The second kappa shape index (κ2) is 17.4. The highest BCUT2D eigenvalue weighted by Crippen LogP contribution is 2.28. The Labute approximate surface area is 248 Å². The maximum absolute atomic E-state index is 12.8. The smallest absolute Gasteiger partial charge is 0.305 e. The van der Waals surface area contributed by atoms with Crippen LogP contribution in [-0.4, -0.2) is 135 Å². The van der Waals surface area contributed by atoms with Crippen LogP contribution >= 0.6 is 0 Å². The molecule has 0 radical (unpaired) electrons. The van der Waals surface area contributed by atoms with Crippen molar-refractivity contribution in [3.8, 4) is 0 Å². The molecule has 2 N–H and O–H groups in total. The Morgan fingerprint density at radius 2 is 1.37 bits per heavy atom. The summed E-state index contributed by atoms with van der Waals surface area (Å²) in [4.78, 5) is 75.1. The standard InChI is InChI=1S/C28H37N3O12/c32-22-2-3-23(33)29-18-28(20-31-25(35)5-6-26(31)36,19-30-21(17-22)1-4-24(30)34)43-16-15-42-14-13-41-12-11-40-10-9-39-8-7-27(37)38/h2-3,5-6,17H,1,4,7-16,18-20H2,(H,29,33)(H,37,38)/b3-2-,21-17+. The van der Waals surface area contributed by atoms with Gasteiger partial charge in [0.05, 0.1) is 85.5 Å². The molecule has 4 amide bonds. The van der Waals surface area contributed by atoms with Crippen LogP contribution in [0.2, 0.25) is 0 Å². The van der Waals surface area contributed by atoms with E-state index in [0.717, 1.165) is 29.2 Å². The largest absolute Gasteiger partial charge is 0.481 e. The number of carbonyl (C=O) groups excluding carboxylic acids is 5. The second-order valence-electron chi connectivity index (χ2n) is 9.79. The summed E-state index contributed by atoms with van der Waals surface area (Å²) in [5.41, 5.74) is -0.941. The van der Waals surface area contributed by atoms with Crippen LogP contribution in [0.25, 0.3) is 0 Å². The molecule has 1 unspecified atom stereocenters. The van der Waals surface area contributed by atoms with Crippen molar-refractivity contribution in [3.63, 3.8) is 0 Å². The highest BCUT2D eigenvalue weighted by molar-refractivity contribution is 6.13. The molecule has 0 aliphatic carbocycles. The van der Waals surface area contributed by atoms with Gasteiger partial charge in [0.25, 0.3) is 11.8 Å². The minimum absolute atomic E-state index is 0.000355. The molecule has 3 aliphatic rings. The van der Waals surface area contributed by atoms with Crippen molar-refractivity contribution in [2.75, 3.05) is 79.1 Å². The van der Waals surface area contributed by atoms with Crippen LogP contribution in [-0.2, 0) is 52.5 Å². The molecular weight excluding hydrogens is 570 g/mol. The molecule has 0 spiro atoms. The molecule has 1 saturated heterocycles. The molecule has 0 bridgehead atoms. The van der Waals surface area contributed by atoms with Gasteiger partial charge >= 0.3 is 5.97 Å². The third-order valence-corrected chi connectivity index (χ3v) is 6.54. The van der Waals surface area contributed by atoms with E-state index in [1.54, 1.807) is 0 Å². The quantitative estimate of drug-likeness (QED) is 0.143. The van der Waals surface area contributed by atoms with Gasteiger partial charge in [0.1, 0.15) is 5.60 Å². The predicted octanol–water partition coefficient (Wildman–Crippen LogP) is -1.03. The number of fused-ring (bicyclic) bond motifs is 1. The van der Waals surface area contributed by atoms with E-state index in [0.29, 0.717) is 31.9 Å². The number of nitrogens with one attached hydrogen (secondary N) is 1. The van der Waals surface area contributed by atoms with E-state index in [9.17, 15) is 28.8 Å². The molecular formula is C28H37N3O12. The van der Waals surface area contributed by atoms with Crippen LogP contribution in [0.1, 0.15) is 19.3 Å². The fraction of sp³-hybridized carbons (Fsp3) is 0.571. The molecule has 3 aliphatic heterocycles. The molecule has 236 valence electrons. The molecule has 0 saturated carbocycles. The first-order valence-corrected chi connectivity index (χ1v) is 13.9. The topological polar surface area (TPSA) is 187 Å². The SMILES string of the molecule is O=C1/C=C\C(=O)NCC(CN2C(=O)C=CC2=O)(OCCOCCOCCOCCOCCC(=O)O)CN2C(=O)CC/C2=C\1. The number of nitrogens with zero attached hydrogens (tertiary/aromatic N) is 2. The van der Waals surface area contributed by atoms with E-state index in [-0.39, 0.29) is 78.0 Å². The number of rotatable bonds is 18. The molecule has 1 fully saturated rings. The van der Waals surface area contributed by atoms with Gasteiger partial charge in [-0.15, -0.1) is 0 Å². The van der Waals surface area contributed by atoms with E-state index in [1.807, 2.05) is 0 Å². The van der Waals surface area contributed by atoms with Crippen LogP contribution in [0, 0.1) is 0 Å². The third kappa shape index (κ3) is 11.4. The van der Waals surface area contributed by atoms with Crippen molar-refractivity contribution in [1.29, 1.82) is 0 Å². The molecule has 15 nitrogen and oxygen atoms in total. The van der Waals surface area contributed by atoms with E-state index in [1.165, 1.54) is 11.0 Å². The predicted molar refractivity (Wildman–Crippen MR) is 146 cm³/mol. The average molecular weight is 608 g/mol. The van der Waals surface area contributed by atoms with Crippen molar-refractivity contribution < 1.29 is 57.6 Å². The maximum atomic E-state index is 12.8. The summed E-state index contributed by atoms with van der Waals surface area (Å²) in [6.07, 6.45) is 6.21. The number of hydrogen-bond acceptors (Lipinski definition) is 11. The fourth-order valence-electron chi connectivity index (χ4n) is 4.39. The summed E-state index contributed by atoms with van der Waals surface area (Å²) >= 11 is 0. The van der Waals surface area contributed by atoms with Crippen LogP contribution in [0.3, 0.4) is 0 Å². The van der Waals surface area contributed by atoms with E-state index in [4.69, 9.17) is 28.8 Å². The summed E-state index contributed by atoms with van der Waals surface area (Å²) in [7, 11) is 0. The van der Waals surface area contributed by atoms with Crippen molar-refractivity contribution in [3.05, 3.63) is 36.1 Å². The number of carbonyl (C=O) groups is 6. The number of carboxylic acids is 1.